The minimum atomic E-state index is -1.05. The Morgan fingerprint density at radius 2 is 1.83 bits per heavy atom. The third-order valence-electron chi connectivity index (χ3n) is 6.54. The van der Waals surface area contributed by atoms with Gasteiger partial charge in [-0.15, -0.1) is 11.3 Å². The van der Waals surface area contributed by atoms with Gasteiger partial charge >= 0.3 is 11.9 Å². The van der Waals surface area contributed by atoms with Crippen LogP contribution in [-0.2, 0) is 23.9 Å². The molecule has 0 amide bonds. The topological polar surface area (TPSA) is 100 Å². The van der Waals surface area contributed by atoms with E-state index in [0.717, 1.165) is 4.88 Å². The highest BCUT2D eigenvalue weighted by molar-refractivity contribution is 7.10. The fourth-order valence-corrected chi connectivity index (χ4v) is 5.82. The Morgan fingerprint density at radius 1 is 1.06 bits per heavy atom. The normalized spacial score (nSPS) is 21.7. The van der Waals surface area contributed by atoms with Crippen molar-refractivity contribution in [3.05, 3.63) is 68.7 Å². The molecule has 2 heterocycles. The van der Waals surface area contributed by atoms with Crippen LogP contribution in [0, 0.1) is 5.92 Å². The summed E-state index contributed by atoms with van der Waals surface area (Å²) in [6.45, 7) is 1.77. The van der Waals surface area contributed by atoms with Gasteiger partial charge in [0.1, 0.15) is 17.4 Å². The van der Waals surface area contributed by atoms with E-state index in [-0.39, 0.29) is 11.5 Å². The van der Waals surface area contributed by atoms with Crippen LogP contribution < -0.4 is 14.8 Å². The number of esters is 2. The molecule has 0 saturated heterocycles. The molecule has 0 radical (unpaired) electrons. The van der Waals surface area contributed by atoms with Crippen molar-refractivity contribution in [3.63, 3.8) is 0 Å². The third kappa shape index (κ3) is 4.20. The van der Waals surface area contributed by atoms with E-state index in [9.17, 15) is 14.4 Å². The minimum Gasteiger partial charge on any atom is -0.497 e. The van der Waals surface area contributed by atoms with Crippen molar-refractivity contribution in [2.24, 2.45) is 5.92 Å². The molecule has 3 atom stereocenters. The van der Waals surface area contributed by atoms with Crippen molar-refractivity contribution < 1.29 is 33.3 Å². The van der Waals surface area contributed by atoms with Gasteiger partial charge in [-0.1, -0.05) is 6.07 Å². The summed E-state index contributed by atoms with van der Waals surface area (Å²) < 4.78 is 21.2. The number of ketones is 1. The van der Waals surface area contributed by atoms with Crippen molar-refractivity contribution in [2.75, 3.05) is 28.4 Å². The molecule has 184 valence electrons. The van der Waals surface area contributed by atoms with Crippen molar-refractivity contribution >= 4 is 29.1 Å². The molecule has 4 rings (SSSR count). The van der Waals surface area contributed by atoms with Crippen LogP contribution in [0.15, 0.2) is 58.3 Å². The number of carbonyl (C=O) groups is 3. The van der Waals surface area contributed by atoms with Crippen molar-refractivity contribution in [1.82, 2.24) is 5.32 Å². The molecule has 1 N–H and O–H groups in total. The maximum absolute atomic E-state index is 14.1. The predicted molar refractivity (Wildman–Crippen MR) is 129 cm³/mol. The summed E-state index contributed by atoms with van der Waals surface area (Å²) in [5.41, 5.74) is 2.38. The summed E-state index contributed by atoms with van der Waals surface area (Å²) in [6, 6.07) is 9.00. The standard InChI is InChI=1S/C26H27NO7S/c1-13-20(25(29)33-4)21(15-11-14(31-2)8-9-18(15)32-3)23-17(27-13)12-16(19-7-6-10-35-19)22(24(23)28)26(30)34-5/h6-11,16,21-22,27H,12H2,1-5H3. The van der Waals surface area contributed by atoms with Gasteiger partial charge in [-0.3, -0.25) is 9.59 Å². The molecular weight excluding hydrogens is 470 g/mol. The van der Waals surface area contributed by atoms with E-state index in [1.165, 1.54) is 39.8 Å². The van der Waals surface area contributed by atoms with Crippen molar-refractivity contribution in [1.29, 1.82) is 0 Å². The maximum Gasteiger partial charge on any atom is 0.336 e. The first-order chi connectivity index (χ1) is 16.9. The van der Waals surface area contributed by atoms with Crippen molar-refractivity contribution in [2.45, 2.75) is 25.2 Å². The van der Waals surface area contributed by atoms with Gasteiger partial charge in [0, 0.05) is 33.3 Å². The number of Topliss-reactive ketones (excluding diaryl/α,β-unsaturated/α-hetero) is 1. The highest BCUT2D eigenvalue weighted by atomic mass is 32.1. The minimum absolute atomic E-state index is 0.268. The zero-order valence-corrected chi connectivity index (χ0v) is 21.0. The predicted octanol–water partition coefficient (Wildman–Crippen LogP) is 3.70. The monoisotopic (exact) mass is 497 g/mol. The lowest BCUT2D eigenvalue weighted by Crippen LogP contribution is -2.43. The maximum atomic E-state index is 14.1. The van der Waals surface area contributed by atoms with Crippen molar-refractivity contribution in [3.8, 4) is 11.5 Å². The molecule has 8 nitrogen and oxygen atoms in total. The van der Waals surface area contributed by atoms with E-state index < -0.39 is 29.6 Å². The molecule has 2 aromatic rings. The number of thiophene rings is 1. The Bertz CT molecular complexity index is 1230. The molecule has 1 aromatic heterocycles. The molecule has 9 heteroatoms. The summed E-state index contributed by atoms with van der Waals surface area (Å²) in [5, 5.41) is 5.18. The van der Waals surface area contributed by atoms with Gasteiger partial charge in [-0.05, 0) is 43.0 Å². The second kappa shape index (κ2) is 9.95. The number of hydrogen-bond donors (Lipinski definition) is 1. The molecule has 3 unspecified atom stereocenters. The van der Waals surface area contributed by atoms with Gasteiger partial charge in [0.25, 0.3) is 0 Å². The largest absolute Gasteiger partial charge is 0.497 e. The first-order valence-electron chi connectivity index (χ1n) is 11.0. The van der Waals surface area contributed by atoms with Gasteiger partial charge in [-0.2, -0.15) is 0 Å². The number of benzene rings is 1. The molecule has 0 spiro atoms. The number of allylic oxidation sites excluding steroid dienone is 3. The van der Waals surface area contributed by atoms with Crippen LogP contribution in [0.3, 0.4) is 0 Å². The average molecular weight is 498 g/mol. The van der Waals surface area contributed by atoms with Gasteiger partial charge in [0.05, 0.1) is 39.9 Å². The van der Waals surface area contributed by atoms with Crippen LogP contribution in [0.1, 0.15) is 35.6 Å². The van der Waals surface area contributed by atoms with Gasteiger partial charge in [0.2, 0.25) is 0 Å². The van der Waals surface area contributed by atoms with Crippen LogP contribution in [-0.4, -0.2) is 46.2 Å². The lowest BCUT2D eigenvalue weighted by molar-refractivity contribution is -0.149. The number of hydrogen-bond acceptors (Lipinski definition) is 9. The number of carbonyl (C=O) groups excluding carboxylic acids is 3. The Hall–Kier alpha value is -3.59. The van der Waals surface area contributed by atoms with Gasteiger partial charge in [-0.25, -0.2) is 4.79 Å². The highest BCUT2D eigenvalue weighted by Crippen LogP contribution is 2.50. The molecule has 1 aliphatic heterocycles. The second-order valence-corrected chi connectivity index (χ2v) is 9.26. The van der Waals surface area contributed by atoms with E-state index in [4.69, 9.17) is 18.9 Å². The molecule has 0 saturated carbocycles. The zero-order chi connectivity index (χ0) is 25.3. The van der Waals surface area contributed by atoms with E-state index >= 15 is 0 Å². The number of dihydropyridines is 1. The Labute approximate surface area is 207 Å². The molecule has 0 bridgehead atoms. The number of methoxy groups -OCH3 is 4. The molecule has 1 aliphatic carbocycles. The van der Waals surface area contributed by atoms with E-state index in [0.29, 0.717) is 40.5 Å². The summed E-state index contributed by atoms with van der Waals surface area (Å²) in [7, 11) is 5.62. The molecular formula is C26H27NO7S. The lowest BCUT2D eigenvalue weighted by Gasteiger charge is -2.39. The van der Waals surface area contributed by atoms with Crippen LogP contribution in [0.25, 0.3) is 0 Å². The Kier molecular flexibility index (Phi) is 6.98. The number of ether oxygens (including phenoxy) is 4. The van der Waals surface area contributed by atoms with E-state index in [1.54, 1.807) is 25.1 Å². The first-order valence-corrected chi connectivity index (χ1v) is 11.9. The van der Waals surface area contributed by atoms with Gasteiger partial charge < -0.3 is 24.3 Å². The Morgan fingerprint density at radius 3 is 2.43 bits per heavy atom. The van der Waals surface area contributed by atoms with Crippen LogP contribution in [0.2, 0.25) is 0 Å². The Balaban J connectivity index is 1.97. The lowest BCUT2D eigenvalue weighted by atomic mass is 9.68. The summed E-state index contributed by atoms with van der Waals surface area (Å²) in [4.78, 5) is 41.0. The highest BCUT2D eigenvalue weighted by Gasteiger charge is 2.49. The molecule has 35 heavy (non-hydrogen) atoms. The quantitative estimate of drug-likeness (QED) is 0.476. The fraction of sp³-hybridized carbons (Fsp3) is 0.346. The van der Waals surface area contributed by atoms with E-state index in [1.807, 2.05) is 17.5 Å². The average Bonchev–Trinajstić information content (AvgIpc) is 3.41. The number of nitrogens with one attached hydrogen (secondary N) is 1. The van der Waals surface area contributed by atoms with E-state index in [2.05, 4.69) is 5.32 Å². The molecule has 0 fully saturated rings. The molecule has 2 aliphatic rings. The summed E-state index contributed by atoms with van der Waals surface area (Å²) in [6.07, 6.45) is 0.399. The summed E-state index contributed by atoms with van der Waals surface area (Å²) >= 11 is 1.49. The van der Waals surface area contributed by atoms with Gasteiger partial charge in [0.15, 0.2) is 5.78 Å². The van der Waals surface area contributed by atoms with Crippen LogP contribution >= 0.6 is 11.3 Å². The third-order valence-corrected chi connectivity index (χ3v) is 7.54. The molecule has 1 aromatic carbocycles. The smallest absolute Gasteiger partial charge is 0.336 e. The summed E-state index contributed by atoms with van der Waals surface area (Å²) in [5.74, 6) is -2.84. The first kappa shape index (κ1) is 24.5. The number of rotatable bonds is 6. The van der Waals surface area contributed by atoms with Crippen LogP contribution in [0.5, 0.6) is 11.5 Å². The second-order valence-electron chi connectivity index (χ2n) is 8.28. The SMILES string of the molecule is COC(=O)C1=C(C)NC2=C(C(=O)C(C(=O)OC)C(c3cccs3)C2)C1c1cc(OC)ccc1OC. The zero-order valence-electron chi connectivity index (χ0n) is 20.2. The van der Waals surface area contributed by atoms with Crippen LogP contribution in [0.4, 0.5) is 0 Å². The fourth-order valence-electron chi connectivity index (χ4n) is 4.96.